The molecular formula is C12H18N4O3S. The van der Waals surface area contributed by atoms with E-state index in [1.807, 2.05) is 6.92 Å². The lowest BCUT2D eigenvalue weighted by atomic mass is 10.2. The first-order valence-corrected chi connectivity index (χ1v) is 7.52. The lowest BCUT2D eigenvalue weighted by molar-refractivity contribution is -0.141. The van der Waals surface area contributed by atoms with Crippen molar-refractivity contribution in [2.75, 3.05) is 5.75 Å². The lowest BCUT2D eigenvalue weighted by Gasteiger charge is -2.28. The van der Waals surface area contributed by atoms with E-state index < -0.39 is 12.0 Å². The fourth-order valence-electron chi connectivity index (χ4n) is 2.18. The van der Waals surface area contributed by atoms with E-state index in [9.17, 15) is 14.7 Å². The molecule has 3 atom stereocenters. The van der Waals surface area contributed by atoms with E-state index in [0.29, 0.717) is 11.6 Å². The average molecular weight is 298 g/mol. The van der Waals surface area contributed by atoms with Crippen LogP contribution in [0.5, 0.6) is 0 Å². The van der Waals surface area contributed by atoms with Crippen molar-refractivity contribution in [2.45, 2.75) is 37.7 Å². The zero-order valence-corrected chi connectivity index (χ0v) is 12.2. The van der Waals surface area contributed by atoms with Crippen molar-refractivity contribution in [2.24, 2.45) is 0 Å². The monoisotopic (exact) mass is 298 g/mol. The summed E-state index contributed by atoms with van der Waals surface area (Å²) in [6, 6.07) is -1.43. The summed E-state index contributed by atoms with van der Waals surface area (Å²) in [4.78, 5) is 32.0. The van der Waals surface area contributed by atoms with Crippen LogP contribution in [0, 0.1) is 0 Å². The van der Waals surface area contributed by atoms with Crippen LogP contribution in [0.3, 0.4) is 0 Å². The Morgan fingerprint density at radius 3 is 3.00 bits per heavy atom. The number of rotatable bonds is 4. The molecule has 2 rings (SSSR count). The molecule has 3 N–H and O–H groups in total. The minimum absolute atomic E-state index is 0.0973. The van der Waals surface area contributed by atoms with Crippen LogP contribution in [0.1, 0.15) is 32.1 Å². The van der Waals surface area contributed by atoms with Gasteiger partial charge in [-0.1, -0.05) is 6.92 Å². The van der Waals surface area contributed by atoms with Crippen LogP contribution in [0.25, 0.3) is 0 Å². The number of carboxylic acids is 1. The SMILES string of the molecule is CCC1SCC(C(=O)O)N1C(=O)NC(C)c1ncc[nH]1. The molecule has 3 unspecified atom stereocenters. The van der Waals surface area contributed by atoms with Gasteiger partial charge in [0.1, 0.15) is 11.9 Å². The van der Waals surface area contributed by atoms with Gasteiger partial charge < -0.3 is 15.4 Å². The molecule has 2 heterocycles. The summed E-state index contributed by atoms with van der Waals surface area (Å²) in [5.41, 5.74) is 0. The molecule has 1 aliphatic heterocycles. The number of hydrogen-bond acceptors (Lipinski definition) is 4. The Morgan fingerprint density at radius 1 is 1.70 bits per heavy atom. The number of urea groups is 1. The highest BCUT2D eigenvalue weighted by molar-refractivity contribution is 8.00. The van der Waals surface area contributed by atoms with Gasteiger partial charge in [0.2, 0.25) is 0 Å². The first-order chi connectivity index (χ1) is 9.54. The van der Waals surface area contributed by atoms with Crippen molar-refractivity contribution < 1.29 is 14.7 Å². The maximum Gasteiger partial charge on any atom is 0.327 e. The van der Waals surface area contributed by atoms with Crippen LogP contribution in [-0.4, -0.2) is 49.1 Å². The molecule has 0 spiro atoms. The minimum Gasteiger partial charge on any atom is -0.480 e. The maximum absolute atomic E-state index is 12.3. The molecule has 1 aromatic rings. The largest absolute Gasteiger partial charge is 0.480 e. The van der Waals surface area contributed by atoms with Crippen molar-refractivity contribution in [1.29, 1.82) is 0 Å². The summed E-state index contributed by atoms with van der Waals surface area (Å²) in [6.07, 6.45) is 4.01. The van der Waals surface area contributed by atoms with Crippen LogP contribution in [0.15, 0.2) is 12.4 Å². The lowest BCUT2D eigenvalue weighted by Crippen LogP contribution is -2.50. The normalized spacial score (nSPS) is 23.6. The molecule has 2 amide bonds. The molecule has 20 heavy (non-hydrogen) atoms. The quantitative estimate of drug-likeness (QED) is 0.781. The highest BCUT2D eigenvalue weighted by Gasteiger charge is 2.41. The number of amides is 2. The molecule has 7 nitrogen and oxygen atoms in total. The Kier molecular flexibility index (Phi) is 4.53. The first kappa shape index (κ1) is 14.7. The summed E-state index contributed by atoms with van der Waals surface area (Å²) >= 11 is 1.50. The fourth-order valence-corrected chi connectivity index (χ4v) is 3.53. The third-order valence-electron chi connectivity index (χ3n) is 3.23. The Balaban J connectivity index is 2.07. The molecule has 0 aromatic carbocycles. The van der Waals surface area contributed by atoms with E-state index in [-0.39, 0.29) is 17.4 Å². The number of thioether (sulfide) groups is 1. The van der Waals surface area contributed by atoms with Gasteiger partial charge in [-0.05, 0) is 13.3 Å². The van der Waals surface area contributed by atoms with Gasteiger partial charge >= 0.3 is 12.0 Å². The van der Waals surface area contributed by atoms with Gasteiger partial charge in [-0.3, -0.25) is 4.90 Å². The smallest absolute Gasteiger partial charge is 0.327 e. The van der Waals surface area contributed by atoms with Crippen LogP contribution in [0.4, 0.5) is 4.79 Å². The topological polar surface area (TPSA) is 98.3 Å². The highest BCUT2D eigenvalue weighted by Crippen LogP contribution is 2.31. The average Bonchev–Trinajstić information content (AvgIpc) is 3.07. The number of H-pyrrole nitrogens is 1. The van der Waals surface area contributed by atoms with Crippen LogP contribution < -0.4 is 5.32 Å². The highest BCUT2D eigenvalue weighted by atomic mass is 32.2. The Bertz CT molecular complexity index is 479. The van der Waals surface area contributed by atoms with Crippen LogP contribution in [0.2, 0.25) is 0 Å². The third-order valence-corrected chi connectivity index (χ3v) is 4.68. The van der Waals surface area contributed by atoms with E-state index >= 15 is 0 Å². The Hall–Kier alpha value is -1.70. The number of aromatic nitrogens is 2. The molecule has 0 bridgehead atoms. The van der Waals surface area contributed by atoms with Gasteiger partial charge in [0.05, 0.1) is 11.4 Å². The molecule has 1 fully saturated rings. The van der Waals surface area contributed by atoms with E-state index in [0.717, 1.165) is 6.42 Å². The summed E-state index contributed by atoms with van der Waals surface area (Å²) in [5, 5.41) is 11.9. The van der Waals surface area contributed by atoms with Crippen molar-refractivity contribution >= 4 is 23.8 Å². The van der Waals surface area contributed by atoms with E-state index in [1.54, 1.807) is 19.3 Å². The second-order valence-corrected chi connectivity index (χ2v) is 5.81. The second kappa shape index (κ2) is 6.17. The van der Waals surface area contributed by atoms with Gasteiger partial charge in [0.15, 0.2) is 0 Å². The van der Waals surface area contributed by atoms with Gasteiger partial charge in [0, 0.05) is 18.1 Å². The standard InChI is InChI=1S/C12H18N4O3S/c1-3-9-16(8(6-20-9)11(17)18)12(19)15-7(2)10-13-4-5-14-10/h4-5,7-9H,3,6H2,1-2H3,(H,13,14)(H,15,19)(H,17,18). The molecule has 1 aromatic heterocycles. The number of carbonyl (C=O) groups excluding carboxylic acids is 1. The number of aliphatic carboxylic acids is 1. The zero-order chi connectivity index (χ0) is 14.7. The Morgan fingerprint density at radius 2 is 2.45 bits per heavy atom. The van der Waals surface area contributed by atoms with Gasteiger partial charge in [-0.2, -0.15) is 0 Å². The number of hydrogen-bond donors (Lipinski definition) is 3. The van der Waals surface area contributed by atoms with Gasteiger partial charge in [-0.15, -0.1) is 11.8 Å². The molecular weight excluding hydrogens is 280 g/mol. The molecule has 110 valence electrons. The molecule has 0 aliphatic carbocycles. The molecule has 1 aliphatic rings. The number of nitrogens with zero attached hydrogens (tertiary/aromatic N) is 2. The molecule has 0 saturated carbocycles. The predicted molar refractivity (Wildman–Crippen MR) is 75.3 cm³/mol. The predicted octanol–water partition coefficient (Wildman–Crippen LogP) is 1.42. The van der Waals surface area contributed by atoms with E-state index in [1.165, 1.54) is 16.7 Å². The fraction of sp³-hybridized carbons (Fsp3) is 0.583. The van der Waals surface area contributed by atoms with Crippen LogP contribution in [-0.2, 0) is 4.79 Å². The summed E-state index contributed by atoms with van der Waals surface area (Å²) < 4.78 is 0. The van der Waals surface area contributed by atoms with Crippen molar-refractivity contribution in [3.63, 3.8) is 0 Å². The van der Waals surface area contributed by atoms with Gasteiger partial charge in [-0.25, -0.2) is 14.6 Å². The Labute approximate surface area is 121 Å². The minimum atomic E-state index is -0.964. The number of imidazole rings is 1. The zero-order valence-electron chi connectivity index (χ0n) is 11.4. The van der Waals surface area contributed by atoms with Gasteiger partial charge in [0.25, 0.3) is 0 Å². The summed E-state index contributed by atoms with van der Waals surface area (Å²) in [7, 11) is 0. The maximum atomic E-state index is 12.3. The molecule has 1 saturated heterocycles. The van der Waals surface area contributed by atoms with E-state index in [2.05, 4.69) is 15.3 Å². The number of carbonyl (C=O) groups is 2. The first-order valence-electron chi connectivity index (χ1n) is 6.47. The summed E-state index contributed by atoms with van der Waals surface area (Å²) in [6.45, 7) is 3.74. The van der Waals surface area contributed by atoms with E-state index in [4.69, 9.17) is 0 Å². The molecule has 0 radical (unpaired) electrons. The summed E-state index contributed by atoms with van der Waals surface area (Å²) in [5.74, 6) is 0.107. The van der Waals surface area contributed by atoms with Crippen molar-refractivity contribution in [1.82, 2.24) is 20.2 Å². The molecule has 8 heteroatoms. The van der Waals surface area contributed by atoms with Crippen LogP contribution >= 0.6 is 11.8 Å². The van der Waals surface area contributed by atoms with Crippen molar-refractivity contribution in [3.8, 4) is 0 Å². The number of carboxylic acid groups (broad SMARTS) is 1. The number of aromatic amines is 1. The second-order valence-electron chi connectivity index (χ2n) is 4.60. The third kappa shape index (κ3) is 2.90. The number of nitrogens with one attached hydrogen (secondary N) is 2. The van der Waals surface area contributed by atoms with Crippen molar-refractivity contribution in [3.05, 3.63) is 18.2 Å².